The van der Waals surface area contributed by atoms with Crippen molar-refractivity contribution in [2.45, 2.75) is 31.7 Å². The first kappa shape index (κ1) is 29.2. The topological polar surface area (TPSA) is 91.0 Å². The molecule has 14 heteroatoms. The van der Waals surface area contributed by atoms with Crippen LogP contribution in [0, 0.1) is 5.92 Å². The predicted molar refractivity (Wildman–Crippen MR) is 139 cm³/mol. The van der Waals surface area contributed by atoms with Crippen LogP contribution >= 0.6 is 22.9 Å². The molecule has 1 aromatic heterocycles. The number of carbonyl (C=O) groups excluding carboxylic acids is 3. The first-order valence-corrected chi connectivity index (χ1v) is 13.5. The maximum Gasteiger partial charge on any atom is 0.265 e. The minimum atomic E-state index is -3.00. The molecule has 2 fully saturated rings. The number of hydrogen-bond acceptors (Lipinski definition) is 6. The van der Waals surface area contributed by atoms with Crippen molar-refractivity contribution in [3.8, 4) is 0 Å². The van der Waals surface area contributed by atoms with E-state index >= 15 is 0 Å². The van der Waals surface area contributed by atoms with Crippen LogP contribution in [-0.4, -0.2) is 74.5 Å². The highest BCUT2D eigenvalue weighted by Crippen LogP contribution is 2.33. The predicted octanol–water partition coefficient (Wildman–Crippen LogP) is 4.42. The Bertz CT molecular complexity index is 1190. The normalized spacial score (nSPS) is 16.7. The Morgan fingerprint density at radius 3 is 2.56 bits per heavy atom. The molecule has 1 aromatic carbocycles. The summed E-state index contributed by atoms with van der Waals surface area (Å²) >= 11 is 6.90. The molecule has 0 radical (unpaired) electrons. The van der Waals surface area contributed by atoms with E-state index in [4.69, 9.17) is 16.3 Å². The molecule has 0 spiro atoms. The number of morpholine rings is 1. The molecular formula is C25H27ClF4N4O4S. The lowest BCUT2D eigenvalue weighted by atomic mass is 10.1. The Labute approximate surface area is 231 Å². The fourth-order valence-electron chi connectivity index (χ4n) is 4.26. The van der Waals surface area contributed by atoms with Crippen LogP contribution in [0.25, 0.3) is 0 Å². The summed E-state index contributed by atoms with van der Waals surface area (Å²) in [5.41, 5.74) is -0.522. The van der Waals surface area contributed by atoms with Crippen molar-refractivity contribution in [1.29, 1.82) is 0 Å². The van der Waals surface area contributed by atoms with Crippen LogP contribution in [0.2, 0.25) is 4.34 Å². The fraction of sp³-hybridized carbons (Fsp3) is 0.480. The summed E-state index contributed by atoms with van der Waals surface area (Å²) in [6, 6.07) is 5.55. The molecule has 0 unspecified atom stereocenters. The maximum atomic E-state index is 14.0. The van der Waals surface area contributed by atoms with Gasteiger partial charge in [-0.3, -0.25) is 19.3 Å². The van der Waals surface area contributed by atoms with E-state index in [1.54, 1.807) is 0 Å². The smallest absolute Gasteiger partial charge is 0.265 e. The molecule has 2 aromatic rings. The van der Waals surface area contributed by atoms with Gasteiger partial charge in [-0.05, 0) is 49.1 Å². The van der Waals surface area contributed by atoms with E-state index in [9.17, 15) is 31.9 Å². The van der Waals surface area contributed by atoms with Crippen molar-refractivity contribution in [2.24, 2.45) is 5.92 Å². The number of rotatable bonds is 12. The van der Waals surface area contributed by atoms with E-state index in [2.05, 4.69) is 10.6 Å². The molecule has 1 saturated carbocycles. The number of thiophene rings is 1. The van der Waals surface area contributed by atoms with Crippen LogP contribution in [-0.2, 0) is 14.3 Å². The van der Waals surface area contributed by atoms with E-state index in [-0.39, 0.29) is 60.9 Å². The lowest BCUT2D eigenvalue weighted by molar-refractivity contribution is -0.125. The molecule has 1 atom stereocenters. The Balaban J connectivity index is 1.56. The van der Waals surface area contributed by atoms with Crippen molar-refractivity contribution < 1.29 is 36.7 Å². The van der Waals surface area contributed by atoms with Crippen LogP contribution < -0.4 is 15.5 Å². The Kier molecular flexibility index (Phi) is 9.81. The average Bonchev–Trinajstić information content (AvgIpc) is 3.60. The summed E-state index contributed by atoms with van der Waals surface area (Å²) in [6.07, 6.45) is -4.11. The number of hydrogen-bond donors (Lipinski definition) is 2. The van der Waals surface area contributed by atoms with Gasteiger partial charge in [-0.15, -0.1) is 11.3 Å². The molecule has 2 aliphatic rings. The summed E-state index contributed by atoms with van der Waals surface area (Å²) in [5, 5.41) is 5.03. The number of anilines is 2. The van der Waals surface area contributed by atoms with Gasteiger partial charge in [-0.1, -0.05) is 11.6 Å². The van der Waals surface area contributed by atoms with Gasteiger partial charge in [0, 0.05) is 36.6 Å². The zero-order valence-electron chi connectivity index (χ0n) is 20.7. The zero-order valence-corrected chi connectivity index (χ0v) is 22.3. The van der Waals surface area contributed by atoms with Crippen molar-refractivity contribution in [3.05, 3.63) is 45.1 Å². The number of ether oxygens (including phenoxy) is 1. The van der Waals surface area contributed by atoms with Crippen molar-refractivity contribution in [2.75, 3.05) is 49.6 Å². The molecule has 4 rings (SSSR count). The first-order chi connectivity index (χ1) is 18.6. The summed E-state index contributed by atoms with van der Waals surface area (Å²) in [6.45, 7) is -0.592. The van der Waals surface area contributed by atoms with Gasteiger partial charge >= 0.3 is 0 Å². The standard InChI is InChI=1S/C25H27ClF4N4O4S/c26-20-6-5-19(39-20)25(37)31-10-18(33(12-21(27)28)11-14-1-2-14)24(36)32-17-4-3-15(9-16(17)23(29)30)34-7-8-38-13-22(34)35/h3-6,9,14,18,21,23H,1-2,7-8,10-13H2,(H,31,37)(H,32,36)/t18-/m1/s1. The second-order valence-corrected chi connectivity index (χ2v) is 11.0. The molecule has 39 heavy (non-hydrogen) atoms. The number of amides is 3. The van der Waals surface area contributed by atoms with Crippen LogP contribution in [0.3, 0.4) is 0 Å². The van der Waals surface area contributed by atoms with Gasteiger partial charge in [-0.25, -0.2) is 17.6 Å². The lowest BCUT2D eigenvalue weighted by Gasteiger charge is -2.31. The second kappa shape index (κ2) is 13.1. The third-order valence-corrected chi connectivity index (χ3v) is 7.61. The molecule has 2 N–H and O–H groups in total. The molecule has 3 amide bonds. The number of nitrogens with zero attached hydrogens (tertiary/aromatic N) is 2. The molecule has 8 nitrogen and oxygen atoms in total. The number of carbonyl (C=O) groups is 3. The van der Waals surface area contributed by atoms with Gasteiger partial charge in [-0.2, -0.15) is 0 Å². The van der Waals surface area contributed by atoms with E-state index < -0.39 is 42.8 Å². The first-order valence-electron chi connectivity index (χ1n) is 12.3. The highest BCUT2D eigenvalue weighted by Gasteiger charge is 2.34. The highest BCUT2D eigenvalue weighted by molar-refractivity contribution is 7.18. The number of nitrogens with one attached hydrogen (secondary N) is 2. The molecule has 1 saturated heterocycles. The summed E-state index contributed by atoms with van der Waals surface area (Å²) < 4.78 is 60.5. The van der Waals surface area contributed by atoms with Crippen LogP contribution in [0.4, 0.5) is 28.9 Å². The minimum Gasteiger partial charge on any atom is -0.370 e. The van der Waals surface area contributed by atoms with E-state index in [0.29, 0.717) is 4.34 Å². The molecule has 0 bridgehead atoms. The summed E-state index contributed by atoms with van der Waals surface area (Å²) in [5.74, 6) is -1.62. The minimum absolute atomic E-state index is 0.132. The van der Waals surface area contributed by atoms with Gasteiger partial charge in [0.1, 0.15) is 12.6 Å². The van der Waals surface area contributed by atoms with Gasteiger partial charge in [0.25, 0.3) is 24.7 Å². The fourth-order valence-corrected chi connectivity index (χ4v) is 5.22. The van der Waals surface area contributed by atoms with Crippen molar-refractivity contribution >= 4 is 52.0 Å². The lowest BCUT2D eigenvalue weighted by Crippen LogP contribution is -2.52. The molecule has 212 valence electrons. The van der Waals surface area contributed by atoms with Crippen LogP contribution in [0.5, 0.6) is 0 Å². The Morgan fingerprint density at radius 2 is 1.95 bits per heavy atom. The Hall–Kier alpha value is -2.74. The van der Waals surface area contributed by atoms with Crippen molar-refractivity contribution in [1.82, 2.24) is 10.2 Å². The van der Waals surface area contributed by atoms with Crippen LogP contribution in [0.15, 0.2) is 30.3 Å². The largest absolute Gasteiger partial charge is 0.370 e. The Morgan fingerprint density at radius 1 is 1.18 bits per heavy atom. The number of halogens is 5. The average molecular weight is 591 g/mol. The molecule has 2 heterocycles. The van der Waals surface area contributed by atoms with E-state index in [1.807, 2.05) is 0 Å². The third kappa shape index (κ3) is 7.90. The molecular weight excluding hydrogens is 564 g/mol. The van der Waals surface area contributed by atoms with Gasteiger partial charge < -0.3 is 20.3 Å². The van der Waals surface area contributed by atoms with E-state index in [0.717, 1.165) is 30.2 Å². The van der Waals surface area contributed by atoms with Gasteiger partial charge in [0.15, 0.2) is 0 Å². The molecule has 1 aliphatic heterocycles. The van der Waals surface area contributed by atoms with Gasteiger partial charge in [0.2, 0.25) is 5.91 Å². The third-order valence-electron chi connectivity index (χ3n) is 6.38. The quantitative estimate of drug-likeness (QED) is 0.357. The SMILES string of the molecule is O=C(NC[C@H](C(=O)Nc1ccc(N2CCOCC2=O)cc1C(F)F)N(CC(F)F)CC1CC1)c1ccc(Cl)s1. The summed E-state index contributed by atoms with van der Waals surface area (Å²) in [7, 11) is 0. The van der Waals surface area contributed by atoms with Crippen LogP contribution in [0.1, 0.15) is 34.5 Å². The van der Waals surface area contributed by atoms with Gasteiger partial charge in [0.05, 0.1) is 22.4 Å². The highest BCUT2D eigenvalue weighted by atomic mass is 35.5. The number of benzene rings is 1. The van der Waals surface area contributed by atoms with Crippen molar-refractivity contribution in [3.63, 3.8) is 0 Å². The van der Waals surface area contributed by atoms with E-state index in [1.165, 1.54) is 34.1 Å². The number of alkyl halides is 4. The monoisotopic (exact) mass is 590 g/mol. The second-order valence-electron chi connectivity index (χ2n) is 9.28. The zero-order chi connectivity index (χ0) is 28.1. The molecule has 1 aliphatic carbocycles. The summed E-state index contributed by atoms with van der Waals surface area (Å²) in [4.78, 5) is 41.0. The maximum absolute atomic E-state index is 14.0.